The minimum atomic E-state index is 0.175. The largest absolute Gasteiger partial charge is 0.496 e. The third kappa shape index (κ3) is 3.72. The lowest BCUT2D eigenvalue weighted by Crippen LogP contribution is -2.30. The zero-order valence-corrected chi connectivity index (χ0v) is 15.3. The molecule has 120 valence electrons. The van der Waals surface area contributed by atoms with E-state index < -0.39 is 0 Å². The van der Waals surface area contributed by atoms with Crippen LogP contribution in [0, 0.1) is 0 Å². The maximum Gasteiger partial charge on any atom is 0.237 e. The Morgan fingerprint density at radius 3 is 2.96 bits per heavy atom. The summed E-state index contributed by atoms with van der Waals surface area (Å²) in [6.45, 7) is 0.791. The first-order valence-corrected chi connectivity index (χ1v) is 9.42. The van der Waals surface area contributed by atoms with E-state index in [0.717, 1.165) is 40.2 Å². The van der Waals surface area contributed by atoms with Crippen LogP contribution in [0.1, 0.15) is 11.1 Å². The quantitative estimate of drug-likeness (QED) is 0.761. The highest BCUT2D eigenvalue weighted by Crippen LogP contribution is 2.30. The molecule has 23 heavy (non-hydrogen) atoms. The van der Waals surface area contributed by atoms with Gasteiger partial charge in [-0.15, -0.1) is 11.8 Å². The van der Waals surface area contributed by atoms with Crippen molar-refractivity contribution in [2.75, 3.05) is 24.3 Å². The number of ether oxygens (including phenoxy) is 1. The maximum absolute atomic E-state index is 12.5. The van der Waals surface area contributed by atoms with Crippen LogP contribution in [0.3, 0.4) is 0 Å². The molecule has 0 saturated carbocycles. The Labute approximate surface area is 149 Å². The highest BCUT2D eigenvalue weighted by molar-refractivity contribution is 9.10. The normalized spacial score (nSPS) is 13.0. The summed E-state index contributed by atoms with van der Waals surface area (Å²) in [5, 5.41) is 0. The smallest absolute Gasteiger partial charge is 0.237 e. The molecule has 0 saturated heterocycles. The summed E-state index contributed by atoms with van der Waals surface area (Å²) in [6, 6.07) is 14.1. The highest BCUT2D eigenvalue weighted by Gasteiger charge is 2.23. The third-order valence-corrected chi connectivity index (χ3v) is 5.37. The van der Waals surface area contributed by atoms with Crippen LogP contribution in [-0.2, 0) is 17.0 Å². The summed E-state index contributed by atoms with van der Waals surface area (Å²) in [5.41, 5.74) is 3.43. The van der Waals surface area contributed by atoms with Crippen LogP contribution in [0.25, 0.3) is 0 Å². The molecule has 2 aromatic rings. The van der Waals surface area contributed by atoms with E-state index in [1.807, 2.05) is 41.3 Å². The number of hydrogen-bond donors (Lipinski definition) is 0. The summed E-state index contributed by atoms with van der Waals surface area (Å²) in [7, 11) is 1.67. The summed E-state index contributed by atoms with van der Waals surface area (Å²) >= 11 is 5.10. The Hall–Kier alpha value is -1.46. The van der Waals surface area contributed by atoms with Crippen molar-refractivity contribution >= 4 is 39.3 Å². The van der Waals surface area contributed by atoms with Gasteiger partial charge in [0.1, 0.15) is 5.75 Å². The van der Waals surface area contributed by atoms with Crippen molar-refractivity contribution in [2.45, 2.75) is 12.2 Å². The summed E-state index contributed by atoms with van der Waals surface area (Å²) in [6.07, 6.45) is 0.950. The zero-order valence-electron chi connectivity index (χ0n) is 12.9. The topological polar surface area (TPSA) is 29.5 Å². The molecule has 5 heteroatoms. The van der Waals surface area contributed by atoms with Gasteiger partial charge in [-0.25, -0.2) is 0 Å². The number of carbonyl (C=O) groups excluding carboxylic acids is 1. The van der Waals surface area contributed by atoms with Gasteiger partial charge in [-0.1, -0.05) is 34.1 Å². The van der Waals surface area contributed by atoms with Crippen molar-refractivity contribution in [3.8, 4) is 5.75 Å². The average molecular weight is 392 g/mol. The number of benzene rings is 2. The Morgan fingerprint density at radius 1 is 1.30 bits per heavy atom. The number of methoxy groups -OCH3 is 1. The first kappa shape index (κ1) is 16.4. The van der Waals surface area contributed by atoms with Crippen LogP contribution < -0.4 is 9.64 Å². The van der Waals surface area contributed by atoms with E-state index in [0.29, 0.717) is 5.75 Å². The van der Waals surface area contributed by atoms with Crippen LogP contribution in [0.5, 0.6) is 5.75 Å². The molecule has 1 amide bonds. The Morgan fingerprint density at radius 2 is 2.13 bits per heavy atom. The number of para-hydroxylation sites is 1. The minimum Gasteiger partial charge on any atom is -0.496 e. The van der Waals surface area contributed by atoms with Gasteiger partial charge in [0.25, 0.3) is 0 Å². The summed E-state index contributed by atoms with van der Waals surface area (Å²) in [5.74, 6) is 2.27. The van der Waals surface area contributed by atoms with Gasteiger partial charge in [-0.2, -0.15) is 0 Å². The van der Waals surface area contributed by atoms with Crippen molar-refractivity contribution in [1.82, 2.24) is 0 Å². The van der Waals surface area contributed by atoms with E-state index in [4.69, 9.17) is 4.74 Å². The van der Waals surface area contributed by atoms with Crippen molar-refractivity contribution in [3.63, 3.8) is 0 Å². The molecule has 1 heterocycles. The lowest BCUT2D eigenvalue weighted by atomic mass is 10.2. The Kier molecular flexibility index (Phi) is 5.28. The van der Waals surface area contributed by atoms with Crippen LogP contribution in [0.4, 0.5) is 5.69 Å². The van der Waals surface area contributed by atoms with E-state index in [9.17, 15) is 4.79 Å². The Bertz CT molecular complexity index is 720. The lowest BCUT2D eigenvalue weighted by molar-refractivity contribution is -0.116. The first-order chi connectivity index (χ1) is 11.2. The molecule has 0 fully saturated rings. The second-order valence-corrected chi connectivity index (χ2v) is 7.27. The zero-order chi connectivity index (χ0) is 16.2. The number of carbonyl (C=O) groups is 1. The van der Waals surface area contributed by atoms with E-state index in [1.165, 1.54) is 5.56 Å². The number of thioether (sulfide) groups is 1. The molecule has 0 atom stereocenters. The van der Waals surface area contributed by atoms with Gasteiger partial charge in [0.05, 0.1) is 12.9 Å². The fourth-order valence-corrected chi connectivity index (χ4v) is 4.07. The van der Waals surface area contributed by atoms with Gasteiger partial charge >= 0.3 is 0 Å². The summed E-state index contributed by atoms with van der Waals surface area (Å²) < 4.78 is 6.40. The molecule has 0 radical (unpaired) electrons. The van der Waals surface area contributed by atoms with Gasteiger partial charge in [-0.05, 0) is 36.2 Å². The predicted molar refractivity (Wildman–Crippen MR) is 99.4 cm³/mol. The van der Waals surface area contributed by atoms with E-state index in [-0.39, 0.29) is 5.91 Å². The van der Waals surface area contributed by atoms with Crippen LogP contribution in [0.15, 0.2) is 46.9 Å². The van der Waals surface area contributed by atoms with Crippen LogP contribution in [-0.4, -0.2) is 25.3 Å². The number of amides is 1. The molecule has 0 N–H and O–H groups in total. The van der Waals surface area contributed by atoms with E-state index in [2.05, 4.69) is 22.0 Å². The molecule has 3 rings (SSSR count). The molecular formula is C18H18BrNO2S. The van der Waals surface area contributed by atoms with Gasteiger partial charge in [0.2, 0.25) is 5.91 Å². The van der Waals surface area contributed by atoms with E-state index >= 15 is 0 Å². The van der Waals surface area contributed by atoms with Gasteiger partial charge in [0, 0.05) is 28.0 Å². The number of halogens is 1. The number of anilines is 1. The predicted octanol–water partition coefficient (Wildman–Crippen LogP) is 4.28. The van der Waals surface area contributed by atoms with Crippen molar-refractivity contribution < 1.29 is 9.53 Å². The average Bonchev–Trinajstić information content (AvgIpc) is 2.99. The maximum atomic E-state index is 12.5. The molecule has 1 aliphatic heterocycles. The monoisotopic (exact) mass is 391 g/mol. The number of hydrogen-bond acceptors (Lipinski definition) is 3. The fourth-order valence-electron chi connectivity index (χ4n) is 2.78. The van der Waals surface area contributed by atoms with Gasteiger partial charge < -0.3 is 9.64 Å². The number of rotatable bonds is 5. The minimum absolute atomic E-state index is 0.175. The van der Waals surface area contributed by atoms with Gasteiger partial charge in [0.15, 0.2) is 0 Å². The first-order valence-electron chi connectivity index (χ1n) is 7.47. The molecule has 0 spiro atoms. The molecule has 0 unspecified atom stereocenters. The van der Waals surface area contributed by atoms with E-state index in [1.54, 1.807) is 18.9 Å². The fraction of sp³-hybridized carbons (Fsp3) is 0.278. The Balaban J connectivity index is 1.60. The molecule has 2 aromatic carbocycles. The van der Waals surface area contributed by atoms with Crippen molar-refractivity contribution in [3.05, 3.63) is 58.1 Å². The molecule has 1 aliphatic rings. The van der Waals surface area contributed by atoms with Gasteiger partial charge in [-0.3, -0.25) is 4.79 Å². The highest BCUT2D eigenvalue weighted by atomic mass is 79.9. The third-order valence-electron chi connectivity index (χ3n) is 3.91. The molecule has 3 nitrogen and oxygen atoms in total. The number of nitrogens with zero attached hydrogens (tertiary/aromatic N) is 1. The second-order valence-electron chi connectivity index (χ2n) is 5.37. The van der Waals surface area contributed by atoms with Crippen LogP contribution >= 0.6 is 27.7 Å². The van der Waals surface area contributed by atoms with Crippen molar-refractivity contribution in [1.29, 1.82) is 0 Å². The second kappa shape index (κ2) is 7.41. The SMILES string of the molecule is COc1ccc(Br)cc1CSCC(=O)N1CCc2ccccc21. The molecule has 0 aromatic heterocycles. The van der Waals surface area contributed by atoms with Crippen molar-refractivity contribution in [2.24, 2.45) is 0 Å². The molecular weight excluding hydrogens is 374 g/mol. The molecule has 0 aliphatic carbocycles. The van der Waals surface area contributed by atoms with Crippen LogP contribution in [0.2, 0.25) is 0 Å². The number of fused-ring (bicyclic) bond motifs is 1. The standard InChI is InChI=1S/C18H18BrNO2S/c1-22-17-7-6-15(19)10-14(17)11-23-12-18(21)20-9-8-13-4-2-3-5-16(13)20/h2-7,10H,8-9,11-12H2,1H3. The lowest BCUT2D eigenvalue weighted by Gasteiger charge is -2.17. The summed E-state index contributed by atoms with van der Waals surface area (Å²) in [4.78, 5) is 14.4. The molecule has 0 bridgehead atoms.